The van der Waals surface area contributed by atoms with E-state index in [-0.39, 0.29) is 0 Å². The maximum atomic E-state index is 12.7. The number of aromatic nitrogens is 1. The average Bonchev–Trinajstić information content (AvgIpc) is 2.68. The van der Waals surface area contributed by atoms with Gasteiger partial charge >= 0.3 is 0 Å². The van der Waals surface area contributed by atoms with Crippen molar-refractivity contribution >= 4 is 5.91 Å². The Labute approximate surface area is 149 Å². The molecule has 0 N–H and O–H groups in total. The number of hydrogen-bond acceptors (Lipinski definition) is 3. The summed E-state index contributed by atoms with van der Waals surface area (Å²) in [5.74, 6) is 0.298. The summed E-state index contributed by atoms with van der Waals surface area (Å²) in [6, 6.07) is 13.1. The van der Waals surface area contributed by atoms with Crippen LogP contribution in [0.15, 0.2) is 48.8 Å². The van der Waals surface area contributed by atoms with Gasteiger partial charge < -0.3 is 4.90 Å². The van der Waals surface area contributed by atoms with Gasteiger partial charge in [0, 0.05) is 45.0 Å². The van der Waals surface area contributed by atoms with Crippen molar-refractivity contribution in [3.63, 3.8) is 0 Å². The van der Waals surface area contributed by atoms with Crippen molar-refractivity contribution in [3.8, 4) is 0 Å². The predicted octanol–water partition coefficient (Wildman–Crippen LogP) is 2.85. The third-order valence-electron chi connectivity index (χ3n) is 5.51. The van der Waals surface area contributed by atoms with Crippen molar-refractivity contribution in [3.05, 3.63) is 65.5 Å². The van der Waals surface area contributed by atoms with E-state index in [2.05, 4.69) is 45.1 Å². The zero-order valence-electron chi connectivity index (χ0n) is 14.6. The summed E-state index contributed by atoms with van der Waals surface area (Å²) in [6.45, 7) is 3.81. The smallest absolute Gasteiger partial charge is 0.222 e. The molecule has 1 saturated heterocycles. The van der Waals surface area contributed by atoms with Crippen LogP contribution >= 0.6 is 0 Å². The number of rotatable bonds is 4. The number of pyridine rings is 1. The number of nitrogens with zero attached hydrogens (tertiary/aromatic N) is 3. The Morgan fingerprint density at radius 2 is 2.04 bits per heavy atom. The first-order valence-corrected chi connectivity index (χ1v) is 9.30. The van der Waals surface area contributed by atoms with Crippen molar-refractivity contribution in [2.24, 2.45) is 0 Å². The van der Waals surface area contributed by atoms with Crippen LogP contribution in [0, 0.1) is 0 Å². The third-order valence-corrected chi connectivity index (χ3v) is 5.51. The lowest BCUT2D eigenvalue weighted by molar-refractivity contribution is -0.134. The van der Waals surface area contributed by atoms with Gasteiger partial charge in [0.05, 0.1) is 6.04 Å². The van der Waals surface area contributed by atoms with Gasteiger partial charge in [0.25, 0.3) is 0 Å². The first kappa shape index (κ1) is 16.3. The number of hydrogen-bond donors (Lipinski definition) is 0. The number of piperazine rings is 1. The van der Waals surface area contributed by atoms with Gasteiger partial charge in [-0.2, -0.15) is 0 Å². The van der Waals surface area contributed by atoms with Gasteiger partial charge in [-0.3, -0.25) is 14.7 Å². The number of carbonyl (C=O) groups excluding carboxylic acids is 1. The lowest BCUT2D eigenvalue weighted by Gasteiger charge is -2.45. The fourth-order valence-electron chi connectivity index (χ4n) is 4.11. The lowest BCUT2D eigenvalue weighted by Crippen LogP contribution is -2.52. The summed E-state index contributed by atoms with van der Waals surface area (Å²) in [7, 11) is 0. The minimum Gasteiger partial charge on any atom is -0.339 e. The summed E-state index contributed by atoms with van der Waals surface area (Å²) >= 11 is 0. The third kappa shape index (κ3) is 3.59. The number of carbonyl (C=O) groups is 1. The Bertz CT molecular complexity index is 731. The Balaban J connectivity index is 1.35. The monoisotopic (exact) mass is 335 g/mol. The highest BCUT2D eigenvalue weighted by Crippen LogP contribution is 2.32. The summed E-state index contributed by atoms with van der Waals surface area (Å²) < 4.78 is 0. The van der Waals surface area contributed by atoms with Crippen LogP contribution in [0.3, 0.4) is 0 Å². The van der Waals surface area contributed by atoms with Gasteiger partial charge in [-0.05, 0) is 42.0 Å². The number of amides is 1. The van der Waals surface area contributed by atoms with Crippen molar-refractivity contribution in [2.45, 2.75) is 31.7 Å². The van der Waals surface area contributed by atoms with Crippen LogP contribution < -0.4 is 0 Å². The normalized spacial score (nSPS) is 20.0. The van der Waals surface area contributed by atoms with E-state index in [0.29, 0.717) is 18.4 Å². The van der Waals surface area contributed by atoms with Crippen molar-refractivity contribution < 1.29 is 4.79 Å². The molecule has 2 aliphatic rings. The van der Waals surface area contributed by atoms with Crippen molar-refractivity contribution in [2.75, 3.05) is 26.2 Å². The minimum atomic E-state index is 0.298. The molecule has 1 unspecified atom stereocenters. The molecule has 25 heavy (non-hydrogen) atoms. The maximum absolute atomic E-state index is 12.7. The number of benzene rings is 1. The van der Waals surface area contributed by atoms with Gasteiger partial charge in [0.15, 0.2) is 0 Å². The van der Waals surface area contributed by atoms with Crippen LogP contribution in [0.2, 0.25) is 0 Å². The Hall–Kier alpha value is -2.20. The Morgan fingerprint density at radius 3 is 2.92 bits per heavy atom. The molecular formula is C21H25N3O. The molecule has 3 heterocycles. The second-order valence-corrected chi connectivity index (χ2v) is 7.06. The molecule has 4 heteroatoms. The molecule has 1 fully saturated rings. The molecule has 130 valence electrons. The first-order valence-electron chi connectivity index (χ1n) is 9.30. The van der Waals surface area contributed by atoms with Crippen molar-refractivity contribution in [1.29, 1.82) is 0 Å². The second kappa shape index (κ2) is 7.36. The molecule has 0 radical (unpaired) electrons. The molecule has 0 bridgehead atoms. The molecule has 2 aliphatic heterocycles. The zero-order valence-corrected chi connectivity index (χ0v) is 14.6. The molecule has 0 saturated carbocycles. The SMILES string of the molecule is O=C(CCCc1cccnc1)N1CCN2CCc3ccccc3C2C1. The van der Waals surface area contributed by atoms with E-state index >= 15 is 0 Å². The van der Waals surface area contributed by atoms with Crippen molar-refractivity contribution in [1.82, 2.24) is 14.8 Å². The average molecular weight is 335 g/mol. The van der Waals surface area contributed by atoms with E-state index in [1.54, 1.807) is 6.20 Å². The molecule has 2 aromatic rings. The highest BCUT2D eigenvalue weighted by molar-refractivity contribution is 5.76. The zero-order chi connectivity index (χ0) is 17.1. The molecular weight excluding hydrogens is 310 g/mol. The lowest BCUT2D eigenvalue weighted by atomic mass is 9.91. The largest absolute Gasteiger partial charge is 0.339 e. The summed E-state index contributed by atoms with van der Waals surface area (Å²) in [5, 5.41) is 0. The molecule has 4 nitrogen and oxygen atoms in total. The molecule has 1 atom stereocenters. The van der Waals surface area contributed by atoms with E-state index in [9.17, 15) is 4.79 Å². The second-order valence-electron chi connectivity index (χ2n) is 7.06. The van der Waals surface area contributed by atoms with Crippen LogP contribution in [0.5, 0.6) is 0 Å². The van der Waals surface area contributed by atoms with Crippen LogP contribution in [0.25, 0.3) is 0 Å². The summed E-state index contributed by atoms with van der Waals surface area (Å²) in [6.07, 6.45) is 7.26. The maximum Gasteiger partial charge on any atom is 0.222 e. The van der Waals surface area contributed by atoms with Crippen LogP contribution in [0.1, 0.15) is 35.6 Å². The van der Waals surface area contributed by atoms with Gasteiger partial charge in [-0.15, -0.1) is 0 Å². The quantitative estimate of drug-likeness (QED) is 0.862. The van der Waals surface area contributed by atoms with E-state index < -0.39 is 0 Å². The Morgan fingerprint density at radius 1 is 1.12 bits per heavy atom. The van der Waals surface area contributed by atoms with Crippen LogP contribution in [-0.2, 0) is 17.6 Å². The van der Waals surface area contributed by atoms with Gasteiger partial charge in [-0.1, -0.05) is 30.3 Å². The highest BCUT2D eigenvalue weighted by Gasteiger charge is 2.33. The number of aryl methyl sites for hydroxylation is 1. The molecule has 1 aromatic carbocycles. The molecule has 4 rings (SSSR count). The summed E-state index contributed by atoms with van der Waals surface area (Å²) in [5.41, 5.74) is 4.08. The molecule has 1 amide bonds. The fourth-order valence-corrected chi connectivity index (χ4v) is 4.11. The Kier molecular flexibility index (Phi) is 4.79. The minimum absolute atomic E-state index is 0.298. The van der Waals surface area contributed by atoms with Crippen LogP contribution in [-0.4, -0.2) is 46.9 Å². The predicted molar refractivity (Wildman–Crippen MR) is 98.2 cm³/mol. The van der Waals surface area contributed by atoms with Crippen LogP contribution in [0.4, 0.5) is 0 Å². The fraction of sp³-hybridized carbons (Fsp3) is 0.429. The number of fused-ring (bicyclic) bond motifs is 3. The van der Waals surface area contributed by atoms with E-state index in [1.807, 2.05) is 12.3 Å². The first-order chi connectivity index (χ1) is 12.3. The molecule has 1 aromatic heterocycles. The van der Waals surface area contributed by atoms with E-state index in [0.717, 1.165) is 45.4 Å². The molecule has 0 aliphatic carbocycles. The van der Waals surface area contributed by atoms with E-state index in [4.69, 9.17) is 0 Å². The topological polar surface area (TPSA) is 36.4 Å². The van der Waals surface area contributed by atoms with Gasteiger partial charge in [0.1, 0.15) is 0 Å². The van der Waals surface area contributed by atoms with Gasteiger partial charge in [-0.25, -0.2) is 0 Å². The summed E-state index contributed by atoms with van der Waals surface area (Å²) in [4.78, 5) is 21.4. The van der Waals surface area contributed by atoms with Gasteiger partial charge in [0.2, 0.25) is 5.91 Å². The standard InChI is InChI=1S/C21H25N3O/c25-21(9-3-5-17-6-4-11-22-15-17)24-14-13-23-12-10-18-7-1-2-8-19(18)20(23)16-24/h1-2,4,6-8,11,15,20H,3,5,9-10,12-14,16H2. The van der Waals surface area contributed by atoms with E-state index in [1.165, 1.54) is 16.7 Å². The molecule has 0 spiro atoms. The highest BCUT2D eigenvalue weighted by atomic mass is 16.2.